The highest BCUT2D eigenvalue weighted by Crippen LogP contribution is 2.33. The largest absolute Gasteiger partial charge is 0.444 e. The second-order valence-electron chi connectivity index (χ2n) is 13.2. The molecule has 3 amide bonds. The lowest BCUT2D eigenvalue weighted by Gasteiger charge is -2.21. The van der Waals surface area contributed by atoms with Crippen LogP contribution in [0, 0.1) is 17.1 Å². The zero-order valence-corrected chi connectivity index (χ0v) is 29.7. The normalized spacial score (nSPS) is 11.7. The Morgan fingerprint density at radius 3 is 2.43 bits per heavy atom. The maximum absolute atomic E-state index is 15.2. The van der Waals surface area contributed by atoms with Gasteiger partial charge in [-0.15, -0.1) is 5.10 Å². The van der Waals surface area contributed by atoms with Crippen molar-refractivity contribution in [2.24, 2.45) is 0 Å². The molecule has 0 aliphatic rings. The molecule has 0 bridgehead atoms. The van der Waals surface area contributed by atoms with Crippen molar-refractivity contribution in [1.82, 2.24) is 25.0 Å². The van der Waals surface area contributed by atoms with Gasteiger partial charge in [0.15, 0.2) is 0 Å². The van der Waals surface area contributed by atoms with Crippen LogP contribution >= 0.6 is 0 Å². The van der Waals surface area contributed by atoms with Crippen LogP contribution in [0.5, 0.6) is 0 Å². The summed E-state index contributed by atoms with van der Waals surface area (Å²) in [6, 6.07) is 8.73. The van der Waals surface area contributed by atoms with Gasteiger partial charge < -0.3 is 15.4 Å². The molecule has 3 rings (SSSR count). The highest BCUT2D eigenvalue weighted by Gasteiger charge is 2.26. The highest BCUT2D eigenvalue weighted by atomic mass is 32.2. The minimum Gasteiger partial charge on any atom is -0.444 e. The third kappa shape index (κ3) is 11.4. The Hall–Kier alpha value is -4.84. The number of carbonyl (C=O) groups is 3. The van der Waals surface area contributed by atoms with E-state index in [-0.39, 0.29) is 52.3 Å². The van der Waals surface area contributed by atoms with Crippen LogP contribution in [-0.4, -0.2) is 53.5 Å². The van der Waals surface area contributed by atoms with Crippen molar-refractivity contribution in [2.45, 2.75) is 103 Å². The van der Waals surface area contributed by atoms with Crippen molar-refractivity contribution in [1.29, 1.82) is 5.26 Å². The molecule has 0 saturated heterocycles. The molecule has 1 aromatic heterocycles. The molecule has 49 heavy (non-hydrogen) atoms. The summed E-state index contributed by atoms with van der Waals surface area (Å²) in [4.78, 5) is 37.2. The zero-order valence-electron chi connectivity index (χ0n) is 28.9. The maximum atomic E-state index is 15.2. The van der Waals surface area contributed by atoms with Gasteiger partial charge >= 0.3 is 6.09 Å². The molecule has 0 radical (unpaired) electrons. The molecular formula is C34H44FN7O6S. The van der Waals surface area contributed by atoms with Gasteiger partial charge in [0.25, 0.3) is 10.0 Å². The summed E-state index contributed by atoms with van der Waals surface area (Å²) < 4.78 is 50.4. The highest BCUT2D eigenvalue weighted by molar-refractivity contribution is 7.90. The smallest absolute Gasteiger partial charge is 0.407 e. The lowest BCUT2D eigenvalue weighted by atomic mass is 9.85. The van der Waals surface area contributed by atoms with Crippen LogP contribution in [0.25, 0.3) is 0 Å². The van der Waals surface area contributed by atoms with Gasteiger partial charge in [0.2, 0.25) is 11.8 Å². The molecule has 1 heterocycles. The summed E-state index contributed by atoms with van der Waals surface area (Å²) in [5.74, 6) is -2.49. The summed E-state index contributed by atoms with van der Waals surface area (Å²) in [5, 5.41) is 22.9. The van der Waals surface area contributed by atoms with Gasteiger partial charge in [-0.1, -0.05) is 39.0 Å². The van der Waals surface area contributed by atoms with E-state index < -0.39 is 39.9 Å². The molecule has 0 aliphatic heterocycles. The third-order valence-electron chi connectivity index (χ3n) is 7.21. The zero-order chi connectivity index (χ0) is 36.5. The number of amides is 3. The number of benzene rings is 2. The van der Waals surface area contributed by atoms with E-state index in [0.717, 1.165) is 0 Å². The number of carbonyl (C=O) groups excluding carboxylic acids is 3. The summed E-state index contributed by atoms with van der Waals surface area (Å²) >= 11 is 0. The molecule has 15 heteroatoms. The number of anilines is 1. The molecule has 0 spiro atoms. The van der Waals surface area contributed by atoms with Crippen LogP contribution in [0.4, 0.5) is 14.9 Å². The summed E-state index contributed by atoms with van der Waals surface area (Å²) in [6.45, 7) is 13.4. The number of nitrogens with one attached hydrogen (secondary N) is 3. The number of hydrogen-bond donors (Lipinski definition) is 3. The molecule has 264 valence electrons. The molecule has 2 aromatic carbocycles. The first-order valence-corrected chi connectivity index (χ1v) is 17.4. The number of alkyl carbamates (subject to hydrolysis) is 1. The molecule has 0 fully saturated rings. The lowest BCUT2D eigenvalue weighted by molar-refractivity contribution is -0.119. The number of aromatic nitrogens is 3. The summed E-state index contributed by atoms with van der Waals surface area (Å²) in [6.07, 6.45) is 1.72. The fraction of sp³-hybridized carbons (Fsp3) is 0.471. The van der Waals surface area contributed by atoms with Gasteiger partial charge in [0.05, 0.1) is 22.6 Å². The molecule has 3 N–H and O–H groups in total. The monoisotopic (exact) mass is 697 g/mol. The number of rotatable bonds is 14. The first-order chi connectivity index (χ1) is 22.9. The Labute approximate surface area is 286 Å². The summed E-state index contributed by atoms with van der Waals surface area (Å²) in [5.41, 5.74) is 1.23. The van der Waals surface area contributed by atoms with E-state index in [1.807, 2.05) is 19.9 Å². The molecule has 0 aliphatic carbocycles. The van der Waals surface area contributed by atoms with Gasteiger partial charge in [-0.25, -0.2) is 22.3 Å². The van der Waals surface area contributed by atoms with E-state index in [0.29, 0.717) is 36.3 Å². The third-order valence-corrected chi connectivity index (χ3v) is 8.58. The van der Waals surface area contributed by atoms with Crippen molar-refractivity contribution in [3.8, 4) is 6.07 Å². The van der Waals surface area contributed by atoms with E-state index in [1.165, 1.54) is 30.3 Å². The van der Waals surface area contributed by atoms with E-state index in [9.17, 15) is 28.1 Å². The first-order valence-electron chi connectivity index (χ1n) is 16.0. The van der Waals surface area contributed by atoms with Crippen molar-refractivity contribution in [3.05, 3.63) is 70.3 Å². The predicted molar refractivity (Wildman–Crippen MR) is 181 cm³/mol. The van der Waals surface area contributed by atoms with Crippen LogP contribution in [0.15, 0.2) is 41.4 Å². The van der Waals surface area contributed by atoms with Crippen LogP contribution in [0.1, 0.15) is 101 Å². The fourth-order valence-electron chi connectivity index (χ4n) is 5.05. The second-order valence-corrected chi connectivity index (χ2v) is 14.9. The quantitative estimate of drug-likeness (QED) is 0.194. The second kappa shape index (κ2) is 16.5. The average molecular weight is 698 g/mol. The molecule has 0 unspecified atom stereocenters. The number of aryl methyl sites for hydroxylation is 2. The summed E-state index contributed by atoms with van der Waals surface area (Å²) in [7, 11) is -4.35. The number of nitrogens with zero attached hydrogens (tertiary/aromatic N) is 4. The molecular weight excluding hydrogens is 653 g/mol. The van der Waals surface area contributed by atoms with Crippen LogP contribution in [0.3, 0.4) is 0 Å². The minimum absolute atomic E-state index is 0.0458. The van der Waals surface area contributed by atoms with Gasteiger partial charge in [-0.05, 0) is 80.0 Å². The van der Waals surface area contributed by atoms with Crippen molar-refractivity contribution in [3.63, 3.8) is 0 Å². The fourth-order valence-corrected chi connectivity index (χ4v) is 6.08. The topological polar surface area (TPSA) is 185 Å². The molecule has 0 atom stereocenters. The first kappa shape index (κ1) is 38.6. The van der Waals surface area contributed by atoms with Crippen LogP contribution in [0.2, 0.25) is 0 Å². The molecule has 0 saturated carbocycles. The lowest BCUT2D eigenvalue weighted by Crippen LogP contribution is -2.33. The van der Waals surface area contributed by atoms with E-state index in [4.69, 9.17) is 4.74 Å². The Kier molecular flexibility index (Phi) is 13.0. The minimum atomic E-state index is -4.35. The number of sulfonamides is 1. The Morgan fingerprint density at radius 1 is 1.08 bits per heavy atom. The molecule has 3 aromatic rings. The number of ether oxygens (including phenoxy) is 1. The van der Waals surface area contributed by atoms with Crippen LogP contribution < -0.4 is 15.4 Å². The standard InChI is InChI=1S/C34H44FN7O6S/c1-21(2)27-16-23(19-36)32(35)31(22(3)4)28(27)18-30(44)40-49(46,47)26-11-8-10-24(17-26)38-29(43)13-12-25-20-42(41-39-25)15-9-14-37-33(45)48-34(5,6)7/h8,10-11,16-17,20-22H,9,12-15,18H2,1-7H3,(H,37,45)(H,38,43)(H,40,44). The predicted octanol–water partition coefficient (Wildman–Crippen LogP) is 5.07. The SMILES string of the molecule is CC(C)c1cc(C#N)c(F)c(C(C)C)c1CC(=O)NS(=O)(=O)c1cccc(NC(=O)CCc2cn(CCCNC(=O)OC(C)(C)C)nn2)c1. The van der Waals surface area contributed by atoms with Crippen molar-refractivity contribution in [2.75, 3.05) is 11.9 Å². The van der Waals surface area contributed by atoms with Crippen molar-refractivity contribution >= 4 is 33.6 Å². The van der Waals surface area contributed by atoms with Gasteiger partial charge in [-0.2, -0.15) is 5.26 Å². The maximum Gasteiger partial charge on any atom is 0.407 e. The number of nitriles is 1. The number of halogens is 1. The van der Waals surface area contributed by atoms with E-state index in [1.54, 1.807) is 45.5 Å². The van der Waals surface area contributed by atoms with Crippen molar-refractivity contribution < 1.29 is 31.9 Å². The Balaban J connectivity index is 1.58. The van der Waals surface area contributed by atoms with Gasteiger partial charge in [-0.3, -0.25) is 14.3 Å². The Morgan fingerprint density at radius 2 is 1.80 bits per heavy atom. The van der Waals surface area contributed by atoms with Crippen LogP contribution in [-0.2, 0) is 43.7 Å². The van der Waals surface area contributed by atoms with E-state index in [2.05, 4.69) is 25.7 Å². The van der Waals surface area contributed by atoms with Gasteiger partial charge in [0.1, 0.15) is 17.5 Å². The Bertz CT molecular complexity index is 1820. The number of hydrogen-bond acceptors (Lipinski definition) is 9. The van der Waals surface area contributed by atoms with E-state index >= 15 is 4.39 Å². The van der Waals surface area contributed by atoms with Gasteiger partial charge in [0, 0.05) is 37.8 Å². The molecule has 13 nitrogen and oxygen atoms in total. The average Bonchev–Trinajstić information content (AvgIpc) is 3.45.